The van der Waals surface area contributed by atoms with Crippen molar-refractivity contribution in [1.82, 2.24) is 4.57 Å². The molecule has 3 heteroatoms. The van der Waals surface area contributed by atoms with Crippen LogP contribution in [0.3, 0.4) is 0 Å². The van der Waals surface area contributed by atoms with Crippen molar-refractivity contribution in [3.05, 3.63) is 127 Å². The van der Waals surface area contributed by atoms with Gasteiger partial charge in [-0.25, -0.2) is 0 Å². The summed E-state index contributed by atoms with van der Waals surface area (Å²) in [4.78, 5) is 0. The Morgan fingerprint density at radius 1 is 0.436 bits per heavy atom. The van der Waals surface area contributed by atoms with E-state index in [1.165, 1.54) is 53.1 Å². The van der Waals surface area contributed by atoms with Crippen LogP contribution in [0.5, 0.6) is 0 Å². The second kappa shape index (κ2) is 7.83. The van der Waals surface area contributed by atoms with Gasteiger partial charge < -0.3 is 8.98 Å². The monoisotopic (exact) mass is 515 g/mol. The van der Waals surface area contributed by atoms with Crippen LogP contribution in [-0.4, -0.2) is 4.57 Å². The van der Waals surface area contributed by atoms with E-state index in [-0.39, 0.29) is 0 Å². The Morgan fingerprint density at radius 3 is 1.92 bits per heavy atom. The first kappa shape index (κ1) is 21.1. The number of furan rings is 1. The van der Waals surface area contributed by atoms with Crippen LogP contribution in [0.2, 0.25) is 0 Å². The average molecular weight is 516 g/mol. The van der Waals surface area contributed by atoms with Crippen molar-refractivity contribution in [2.45, 2.75) is 0 Å². The Labute approximate surface area is 227 Å². The summed E-state index contributed by atoms with van der Waals surface area (Å²) in [7, 11) is 0. The molecule has 0 bridgehead atoms. The summed E-state index contributed by atoms with van der Waals surface area (Å²) in [6.07, 6.45) is 0. The largest absolute Gasteiger partial charge is 0.456 e. The van der Waals surface area contributed by atoms with E-state index in [1.54, 1.807) is 0 Å². The summed E-state index contributed by atoms with van der Waals surface area (Å²) in [6, 6.07) is 45.9. The smallest absolute Gasteiger partial charge is 0.136 e. The Balaban J connectivity index is 1.22. The van der Waals surface area contributed by atoms with Gasteiger partial charge in [-0.05, 0) is 71.8 Å². The molecule has 0 aliphatic rings. The van der Waals surface area contributed by atoms with Gasteiger partial charge in [-0.15, -0.1) is 11.3 Å². The molecule has 0 N–H and O–H groups in total. The standard InChI is InChI=1S/C36H21NOS/c1-4-10-31-25(7-1)26-8-2-5-11-32(26)37(31)24-15-17-33-29(21-24)27-16-13-23(20-34(27)38-33)22-14-18-36-30(19-22)28-9-3-6-12-35(28)39-36/h1-21H. The van der Waals surface area contributed by atoms with Crippen LogP contribution in [-0.2, 0) is 0 Å². The first-order valence-corrected chi connectivity index (χ1v) is 14.0. The lowest BCUT2D eigenvalue weighted by Gasteiger charge is -2.08. The zero-order valence-electron chi connectivity index (χ0n) is 20.9. The van der Waals surface area contributed by atoms with E-state index < -0.39 is 0 Å². The molecular weight excluding hydrogens is 494 g/mol. The van der Waals surface area contributed by atoms with Gasteiger partial charge in [0.15, 0.2) is 0 Å². The number of rotatable bonds is 2. The summed E-state index contributed by atoms with van der Waals surface area (Å²) in [5.41, 5.74) is 7.76. The molecule has 3 aromatic heterocycles. The fourth-order valence-electron chi connectivity index (χ4n) is 6.19. The molecule has 0 saturated carbocycles. The summed E-state index contributed by atoms with van der Waals surface area (Å²) in [6.45, 7) is 0. The van der Waals surface area contributed by atoms with E-state index in [1.807, 2.05) is 11.3 Å². The van der Waals surface area contributed by atoms with Gasteiger partial charge in [0.05, 0.1) is 11.0 Å². The highest BCUT2D eigenvalue weighted by Crippen LogP contribution is 2.39. The highest BCUT2D eigenvalue weighted by atomic mass is 32.1. The van der Waals surface area contributed by atoms with Crippen LogP contribution in [0.1, 0.15) is 0 Å². The molecule has 6 aromatic carbocycles. The molecule has 2 nitrogen and oxygen atoms in total. The number of thiophene rings is 1. The first-order chi connectivity index (χ1) is 19.3. The molecule has 0 fully saturated rings. The van der Waals surface area contributed by atoms with Crippen molar-refractivity contribution in [3.63, 3.8) is 0 Å². The topological polar surface area (TPSA) is 18.1 Å². The van der Waals surface area contributed by atoms with Gasteiger partial charge in [0.2, 0.25) is 0 Å². The summed E-state index contributed by atoms with van der Waals surface area (Å²) in [5, 5.41) is 7.44. The molecular formula is C36H21NOS. The lowest BCUT2D eigenvalue weighted by atomic mass is 10.0. The fourth-order valence-corrected chi connectivity index (χ4v) is 7.28. The third-order valence-corrected chi connectivity index (χ3v) is 9.15. The number of fused-ring (bicyclic) bond motifs is 9. The number of nitrogens with zero attached hydrogens (tertiary/aromatic N) is 1. The van der Waals surface area contributed by atoms with Crippen LogP contribution >= 0.6 is 11.3 Å². The number of para-hydroxylation sites is 2. The maximum absolute atomic E-state index is 6.40. The molecule has 0 aliphatic heterocycles. The van der Waals surface area contributed by atoms with Crippen LogP contribution in [0.25, 0.3) is 80.7 Å². The molecule has 0 spiro atoms. The molecule has 0 saturated heterocycles. The maximum Gasteiger partial charge on any atom is 0.136 e. The number of hydrogen-bond donors (Lipinski definition) is 0. The normalized spacial score (nSPS) is 12.1. The summed E-state index contributed by atoms with van der Waals surface area (Å²) < 4.78 is 11.4. The Hall–Kier alpha value is -4.86. The van der Waals surface area contributed by atoms with Crippen molar-refractivity contribution in [2.75, 3.05) is 0 Å². The Bertz CT molecular complexity index is 2350. The molecule has 9 aromatic rings. The van der Waals surface area contributed by atoms with Crippen molar-refractivity contribution in [2.24, 2.45) is 0 Å². The number of hydrogen-bond acceptors (Lipinski definition) is 2. The van der Waals surface area contributed by atoms with Gasteiger partial charge in [0.25, 0.3) is 0 Å². The van der Waals surface area contributed by atoms with E-state index in [4.69, 9.17) is 4.42 Å². The SMILES string of the molecule is c1ccc2c(c1)sc1ccc(-c3ccc4c(c3)oc3ccc(-n5c6ccccc6c6ccccc65)cc34)cc12. The molecule has 0 aliphatic carbocycles. The van der Waals surface area contributed by atoms with Gasteiger partial charge in [-0.1, -0.05) is 66.7 Å². The lowest BCUT2D eigenvalue weighted by molar-refractivity contribution is 0.669. The van der Waals surface area contributed by atoms with E-state index in [0.717, 1.165) is 27.6 Å². The highest BCUT2D eigenvalue weighted by Gasteiger charge is 2.15. The van der Waals surface area contributed by atoms with Gasteiger partial charge in [0, 0.05) is 47.4 Å². The third-order valence-electron chi connectivity index (χ3n) is 8.00. The third kappa shape index (κ3) is 3.02. The Kier molecular flexibility index (Phi) is 4.24. The maximum atomic E-state index is 6.40. The molecule has 0 unspecified atom stereocenters. The minimum absolute atomic E-state index is 0.908. The minimum Gasteiger partial charge on any atom is -0.456 e. The molecule has 182 valence electrons. The van der Waals surface area contributed by atoms with Crippen LogP contribution in [0.4, 0.5) is 0 Å². The average Bonchev–Trinajstić information content (AvgIpc) is 3.65. The van der Waals surface area contributed by atoms with Gasteiger partial charge in [-0.2, -0.15) is 0 Å². The van der Waals surface area contributed by atoms with Crippen LogP contribution in [0.15, 0.2) is 132 Å². The molecule has 3 heterocycles. The van der Waals surface area contributed by atoms with E-state index in [0.29, 0.717) is 0 Å². The number of aromatic nitrogens is 1. The fraction of sp³-hybridized carbons (Fsp3) is 0. The zero-order valence-corrected chi connectivity index (χ0v) is 21.7. The van der Waals surface area contributed by atoms with Gasteiger partial charge in [-0.3, -0.25) is 0 Å². The predicted octanol–water partition coefficient (Wildman–Crippen LogP) is 10.7. The van der Waals surface area contributed by atoms with Gasteiger partial charge >= 0.3 is 0 Å². The van der Waals surface area contributed by atoms with Gasteiger partial charge in [0.1, 0.15) is 11.2 Å². The zero-order chi connectivity index (χ0) is 25.5. The molecule has 0 amide bonds. The van der Waals surface area contributed by atoms with E-state index >= 15 is 0 Å². The van der Waals surface area contributed by atoms with E-state index in [9.17, 15) is 0 Å². The van der Waals surface area contributed by atoms with Crippen LogP contribution in [0, 0.1) is 0 Å². The Morgan fingerprint density at radius 2 is 1.10 bits per heavy atom. The van der Waals surface area contributed by atoms with Crippen molar-refractivity contribution in [1.29, 1.82) is 0 Å². The lowest BCUT2D eigenvalue weighted by Crippen LogP contribution is -1.93. The molecule has 0 atom stereocenters. The second-order valence-electron chi connectivity index (χ2n) is 10.2. The molecule has 9 rings (SSSR count). The minimum atomic E-state index is 0.908. The van der Waals surface area contributed by atoms with Crippen molar-refractivity contribution >= 4 is 75.3 Å². The second-order valence-corrected chi connectivity index (χ2v) is 11.3. The number of benzene rings is 6. The highest BCUT2D eigenvalue weighted by molar-refractivity contribution is 7.25. The summed E-state index contributed by atoms with van der Waals surface area (Å²) >= 11 is 1.85. The molecule has 0 radical (unpaired) electrons. The first-order valence-electron chi connectivity index (χ1n) is 13.2. The molecule has 39 heavy (non-hydrogen) atoms. The summed E-state index contributed by atoms with van der Waals surface area (Å²) in [5.74, 6) is 0. The predicted molar refractivity (Wildman–Crippen MR) is 166 cm³/mol. The van der Waals surface area contributed by atoms with E-state index in [2.05, 4.69) is 132 Å². The van der Waals surface area contributed by atoms with Crippen molar-refractivity contribution < 1.29 is 4.42 Å². The van der Waals surface area contributed by atoms with Crippen molar-refractivity contribution in [3.8, 4) is 16.8 Å². The van der Waals surface area contributed by atoms with Crippen LogP contribution < -0.4 is 0 Å². The quantitative estimate of drug-likeness (QED) is 0.224.